The van der Waals surface area contributed by atoms with E-state index in [0.717, 1.165) is 49.2 Å². The van der Waals surface area contributed by atoms with Crippen molar-refractivity contribution in [1.82, 2.24) is 20.2 Å². The molecule has 1 N–H and O–H groups in total. The molecule has 0 aliphatic heterocycles. The minimum absolute atomic E-state index is 0.867. The predicted molar refractivity (Wildman–Crippen MR) is 78.2 cm³/mol. The molecule has 0 spiro atoms. The minimum atomic E-state index is 0.867. The molecule has 0 saturated carbocycles. The lowest BCUT2D eigenvalue weighted by Gasteiger charge is -2.17. The van der Waals surface area contributed by atoms with Crippen molar-refractivity contribution in [3.05, 3.63) is 18.0 Å². The lowest BCUT2D eigenvalue weighted by atomic mass is 10.4. The van der Waals surface area contributed by atoms with Crippen molar-refractivity contribution in [3.8, 4) is 0 Å². The summed E-state index contributed by atoms with van der Waals surface area (Å²) in [7, 11) is 0. The van der Waals surface area contributed by atoms with Crippen LogP contribution in [0.25, 0.3) is 0 Å². The molecule has 0 unspecified atom stereocenters. The Bertz CT molecular complexity index is 311. The monoisotopic (exact) mass is 268 g/mol. The average Bonchev–Trinajstić information content (AvgIpc) is 2.40. The summed E-state index contributed by atoms with van der Waals surface area (Å²) in [5.74, 6) is 1.02. The van der Waals surface area contributed by atoms with Crippen molar-refractivity contribution in [2.75, 3.05) is 38.5 Å². The van der Waals surface area contributed by atoms with Crippen molar-refractivity contribution in [2.45, 2.75) is 25.9 Å². The maximum atomic E-state index is 4.27. The summed E-state index contributed by atoms with van der Waals surface area (Å²) in [6, 6.07) is 0. The van der Waals surface area contributed by atoms with Crippen molar-refractivity contribution in [3.63, 3.8) is 0 Å². The molecule has 5 heteroatoms. The Morgan fingerprint density at radius 1 is 1.17 bits per heavy atom. The topological polar surface area (TPSA) is 41.0 Å². The van der Waals surface area contributed by atoms with Crippen LogP contribution in [0, 0.1) is 6.92 Å². The maximum Gasteiger partial charge on any atom is 0.187 e. The molecule has 0 fully saturated rings. The van der Waals surface area contributed by atoms with Crippen molar-refractivity contribution in [1.29, 1.82) is 0 Å². The first-order valence-electron chi connectivity index (χ1n) is 6.60. The minimum Gasteiger partial charge on any atom is -0.315 e. The van der Waals surface area contributed by atoms with E-state index in [1.807, 2.05) is 19.3 Å². The largest absolute Gasteiger partial charge is 0.315 e. The van der Waals surface area contributed by atoms with E-state index in [-0.39, 0.29) is 0 Å². The molecule has 1 rings (SSSR count). The zero-order chi connectivity index (χ0) is 13.2. The molecule has 4 nitrogen and oxygen atoms in total. The van der Waals surface area contributed by atoms with Gasteiger partial charge in [-0.15, -0.1) is 0 Å². The summed E-state index contributed by atoms with van der Waals surface area (Å²) in [5.41, 5.74) is 1.11. The highest BCUT2D eigenvalue weighted by molar-refractivity contribution is 7.99. The first-order chi connectivity index (χ1) is 8.76. The van der Waals surface area contributed by atoms with Gasteiger partial charge < -0.3 is 10.2 Å². The second kappa shape index (κ2) is 9.30. The van der Waals surface area contributed by atoms with Gasteiger partial charge in [-0.25, -0.2) is 9.97 Å². The van der Waals surface area contributed by atoms with E-state index in [1.54, 1.807) is 11.8 Å². The van der Waals surface area contributed by atoms with Gasteiger partial charge in [0.25, 0.3) is 0 Å². The molecule has 102 valence electrons. The standard InChI is InChI=1S/C13H24N4S/c1-4-17(5-2)8-6-14-7-9-18-13-15-10-12(3)11-16-13/h10-11,14H,4-9H2,1-3H3. The van der Waals surface area contributed by atoms with Gasteiger partial charge >= 0.3 is 0 Å². The SMILES string of the molecule is CCN(CC)CCNCCSc1ncc(C)cn1. The fourth-order valence-corrected chi connectivity index (χ4v) is 2.26. The molecule has 1 heterocycles. The fourth-order valence-electron chi connectivity index (χ4n) is 1.57. The molecular weight excluding hydrogens is 244 g/mol. The summed E-state index contributed by atoms with van der Waals surface area (Å²) in [5, 5.41) is 4.31. The molecule has 0 aliphatic carbocycles. The Balaban J connectivity index is 2.03. The Morgan fingerprint density at radius 2 is 1.83 bits per heavy atom. The average molecular weight is 268 g/mol. The second-order valence-electron chi connectivity index (χ2n) is 4.17. The molecule has 0 amide bonds. The zero-order valence-corrected chi connectivity index (χ0v) is 12.5. The Morgan fingerprint density at radius 3 is 2.44 bits per heavy atom. The summed E-state index contributed by atoms with van der Waals surface area (Å²) in [6.45, 7) is 11.8. The van der Waals surface area contributed by atoms with E-state index in [2.05, 4.69) is 34.0 Å². The number of thioether (sulfide) groups is 1. The number of aromatic nitrogens is 2. The molecule has 1 aromatic rings. The number of likely N-dealkylation sites (N-methyl/N-ethyl adjacent to an activating group) is 1. The van der Waals surface area contributed by atoms with Gasteiger partial charge in [0.1, 0.15) is 0 Å². The number of nitrogens with zero attached hydrogens (tertiary/aromatic N) is 3. The van der Waals surface area contributed by atoms with Gasteiger partial charge in [-0.2, -0.15) is 0 Å². The van der Waals surface area contributed by atoms with Crippen LogP contribution in [-0.4, -0.2) is 53.3 Å². The predicted octanol–water partition coefficient (Wildman–Crippen LogP) is 1.81. The number of hydrogen-bond acceptors (Lipinski definition) is 5. The molecule has 0 aromatic carbocycles. The highest BCUT2D eigenvalue weighted by Crippen LogP contribution is 2.10. The Hall–Kier alpha value is -0.650. The van der Waals surface area contributed by atoms with Crippen molar-refractivity contribution < 1.29 is 0 Å². The van der Waals surface area contributed by atoms with Crippen LogP contribution >= 0.6 is 11.8 Å². The van der Waals surface area contributed by atoms with Gasteiger partial charge in [0.15, 0.2) is 5.16 Å². The Kier molecular flexibility index (Phi) is 7.96. The van der Waals surface area contributed by atoms with E-state index in [1.165, 1.54) is 0 Å². The van der Waals surface area contributed by atoms with Crippen molar-refractivity contribution >= 4 is 11.8 Å². The van der Waals surface area contributed by atoms with Crippen LogP contribution in [0.1, 0.15) is 19.4 Å². The van der Waals surface area contributed by atoms with Gasteiger partial charge in [-0.3, -0.25) is 0 Å². The Labute approximate surface area is 115 Å². The normalized spacial score (nSPS) is 11.1. The van der Waals surface area contributed by atoms with Gasteiger partial charge in [-0.1, -0.05) is 25.6 Å². The van der Waals surface area contributed by atoms with E-state index >= 15 is 0 Å². The maximum absolute atomic E-state index is 4.27. The van der Waals surface area contributed by atoms with E-state index in [4.69, 9.17) is 0 Å². The van der Waals surface area contributed by atoms with E-state index in [9.17, 15) is 0 Å². The summed E-state index contributed by atoms with van der Waals surface area (Å²) >= 11 is 1.70. The van der Waals surface area contributed by atoms with Crippen LogP contribution < -0.4 is 5.32 Å². The van der Waals surface area contributed by atoms with Gasteiger partial charge in [-0.05, 0) is 25.6 Å². The van der Waals surface area contributed by atoms with E-state index < -0.39 is 0 Å². The lowest BCUT2D eigenvalue weighted by Crippen LogP contribution is -2.32. The molecule has 0 radical (unpaired) electrons. The molecule has 0 bridgehead atoms. The molecule has 0 atom stereocenters. The highest BCUT2D eigenvalue weighted by Gasteiger charge is 1.99. The van der Waals surface area contributed by atoms with Crippen LogP contribution in [0.3, 0.4) is 0 Å². The number of aryl methyl sites for hydroxylation is 1. The lowest BCUT2D eigenvalue weighted by molar-refractivity contribution is 0.303. The molecule has 18 heavy (non-hydrogen) atoms. The van der Waals surface area contributed by atoms with Crippen LogP contribution in [0.15, 0.2) is 17.6 Å². The number of hydrogen-bond donors (Lipinski definition) is 1. The smallest absolute Gasteiger partial charge is 0.187 e. The summed E-state index contributed by atoms with van der Waals surface area (Å²) < 4.78 is 0. The third kappa shape index (κ3) is 6.33. The van der Waals surface area contributed by atoms with Gasteiger partial charge in [0.05, 0.1) is 0 Å². The third-order valence-electron chi connectivity index (χ3n) is 2.77. The fraction of sp³-hybridized carbons (Fsp3) is 0.692. The highest BCUT2D eigenvalue weighted by atomic mass is 32.2. The van der Waals surface area contributed by atoms with Gasteiger partial charge in [0, 0.05) is 37.8 Å². The third-order valence-corrected chi connectivity index (χ3v) is 3.64. The van der Waals surface area contributed by atoms with Gasteiger partial charge in [0.2, 0.25) is 0 Å². The molecule has 1 aromatic heterocycles. The van der Waals surface area contributed by atoms with Crippen LogP contribution in [0.5, 0.6) is 0 Å². The van der Waals surface area contributed by atoms with Crippen LogP contribution in [-0.2, 0) is 0 Å². The van der Waals surface area contributed by atoms with Crippen LogP contribution in [0.2, 0.25) is 0 Å². The van der Waals surface area contributed by atoms with Crippen LogP contribution in [0.4, 0.5) is 0 Å². The number of rotatable bonds is 9. The first-order valence-corrected chi connectivity index (χ1v) is 7.59. The quantitative estimate of drug-likeness (QED) is 0.420. The van der Waals surface area contributed by atoms with E-state index in [0.29, 0.717) is 0 Å². The summed E-state index contributed by atoms with van der Waals surface area (Å²) in [6.07, 6.45) is 3.73. The van der Waals surface area contributed by atoms with Crippen molar-refractivity contribution in [2.24, 2.45) is 0 Å². The molecule has 0 aliphatic rings. The molecular formula is C13H24N4S. The number of nitrogens with one attached hydrogen (secondary N) is 1. The second-order valence-corrected chi connectivity index (χ2v) is 5.23. The first kappa shape index (κ1) is 15.4. The summed E-state index contributed by atoms with van der Waals surface area (Å²) in [4.78, 5) is 11.0. The zero-order valence-electron chi connectivity index (χ0n) is 11.6. The molecule has 0 saturated heterocycles.